The largest absolute Gasteiger partial charge is 0.351 e. The van der Waals surface area contributed by atoms with Crippen LogP contribution in [0.3, 0.4) is 0 Å². The standard InChI is InChI=1S/C12H16N6O/c19-12(10-8-14-17-16-10)13-5-1-7-18-11(4-6-15-18)9-2-3-9/h4,6,8-9H,1-3,5,7H2,(H,13,19)(H,14,16,17). The summed E-state index contributed by atoms with van der Waals surface area (Å²) < 4.78 is 2.04. The van der Waals surface area contributed by atoms with E-state index in [1.807, 2.05) is 10.9 Å². The lowest BCUT2D eigenvalue weighted by molar-refractivity contribution is 0.0947. The maximum Gasteiger partial charge on any atom is 0.273 e. The van der Waals surface area contributed by atoms with E-state index in [-0.39, 0.29) is 5.91 Å². The number of aromatic nitrogens is 5. The van der Waals surface area contributed by atoms with E-state index >= 15 is 0 Å². The Morgan fingerprint density at radius 2 is 2.42 bits per heavy atom. The van der Waals surface area contributed by atoms with Crippen molar-refractivity contribution in [2.24, 2.45) is 0 Å². The van der Waals surface area contributed by atoms with Crippen LogP contribution in [0.5, 0.6) is 0 Å². The quantitative estimate of drug-likeness (QED) is 0.748. The zero-order valence-corrected chi connectivity index (χ0v) is 10.5. The summed E-state index contributed by atoms with van der Waals surface area (Å²) in [6.45, 7) is 1.44. The SMILES string of the molecule is O=C(NCCCn1nccc1C1CC1)c1cn[nH]n1. The van der Waals surface area contributed by atoms with E-state index in [2.05, 4.69) is 31.9 Å². The Morgan fingerprint density at radius 1 is 1.53 bits per heavy atom. The van der Waals surface area contributed by atoms with Gasteiger partial charge < -0.3 is 5.32 Å². The van der Waals surface area contributed by atoms with Gasteiger partial charge in [-0.1, -0.05) is 0 Å². The van der Waals surface area contributed by atoms with Gasteiger partial charge in [0.25, 0.3) is 5.91 Å². The highest BCUT2D eigenvalue weighted by atomic mass is 16.1. The minimum absolute atomic E-state index is 0.198. The number of amides is 1. The summed E-state index contributed by atoms with van der Waals surface area (Å²) in [5.74, 6) is 0.504. The van der Waals surface area contributed by atoms with Crippen molar-refractivity contribution < 1.29 is 4.79 Å². The topological polar surface area (TPSA) is 88.5 Å². The smallest absolute Gasteiger partial charge is 0.273 e. The second-order valence-corrected chi connectivity index (χ2v) is 4.72. The summed E-state index contributed by atoms with van der Waals surface area (Å²) in [4.78, 5) is 11.6. The summed E-state index contributed by atoms with van der Waals surface area (Å²) in [5.41, 5.74) is 1.64. The number of hydrogen-bond acceptors (Lipinski definition) is 4. The van der Waals surface area contributed by atoms with Crippen molar-refractivity contribution in [3.05, 3.63) is 29.8 Å². The van der Waals surface area contributed by atoms with Crippen molar-refractivity contribution in [2.45, 2.75) is 31.7 Å². The van der Waals surface area contributed by atoms with Gasteiger partial charge in [0.15, 0.2) is 5.69 Å². The molecule has 0 aromatic carbocycles. The predicted octanol–water partition coefficient (Wildman–Crippen LogP) is 0.699. The minimum atomic E-state index is -0.198. The Balaban J connectivity index is 1.43. The number of nitrogens with one attached hydrogen (secondary N) is 2. The predicted molar refractivity (Wildman–Crippen MR) is 67.5 cm³/mol. The number of hydrogen-bond donors (Lipinski definition) is 2. The molecular formula is C12H16N6O. The van der Waals surface area contributed by atoms with E-state index in [1.54, 1.807) is 0 Å². The van der Waals surface area contributed by atoms with E-state index in [4.69, 9.17) is 0 Å². The zero-order chi connectivity index (χ0) is 13.1. The molecule has 1 aliphatic rings. The van der Waals surface area contributed by atoms with Crippen LogP contribution in [0.15, 0.2) is 18.5 Å². The van der Waals surface area contributed by atoms with Crippen molar-refractivity contribution in [1.82, 2.24) is 30.5 Å². The first-order valence-corrected chi connectivity index (χ1v) is 6.50. The first-order valence-electron chi connectivity index (χ1n) is 6.50. The molecule has 1 amide bonds. The van der Waals surface area contributed by atoms with Crippen LogP contribution in [0.1, 0.15) is 41.4 Å². The summed E-state index contributed by atoms with van der Waals surface area (Å²) in [6, 6.07) is 2.09. The van der Waals surface area contributed by atoms with Crippen molar-refractivity contribution in [1.29, 1.82) is 0 Å². The molecule has 2 N–H and O–H groups in total. The highest BCUT2D eigenvalue weighted by molar-refractivity contribution is 5.91. The lowest BCUT2D eigenvalue weighted by Gasteiger charge is -2.07. The van der Waals surface area contributed by atoms with Crippen molar-refractivity contribution in [2.75, 3.05) is 6.54 Å². The average molecular weight is 260 g/mol. The van der Waals surface area contributed by atoms with Crippen molar-refractivity contribution in [3.8, 4) is 0 Å². The first kappa shape index (κ1) is 11.9. The van der Waals surface area contributed by atoms with Gasteiger partial charge in [0.2, 0.25) is 0 Å². The van der Waals surface area contributed by atoms with Gasteiger partial charge in [0.05, 0.1) is 6.20 Å². The molecule has 3 rings (SSSR count). The van der Waals surface area contributed by atoms with Gasteiger partial charge in [-0.2, -0.15) is 20.5 Å². The van der Waals surface area contributed by atoms with E-state index in [0.717, 1.165) is 13.0 Å². The number of aromatic amines is 1. The van der Waals surface area contributed by atoms with Gasteiger partial charge >= 0.3 is 0 Å². The molecular weight excluding hydrogens is 244 g/mol. The van der Waals surface area contributed by atoms with Gasteiger partial charge in [0.1, 0.15) is 0 Å². The fraction of sp³-hybridized carbons (Fsp3) is 0.500. The second-order valence-electron chi connectivity index (χ2n) is 4.72. The van der Waals surface area contributed by atoms with Gasteiger partial charge in [0, 0.05) is 30.9 Å². The third kappa shape index (κ3) is 2.81. The Bertz CT molecular complexity index is 542. The van der Waals surface area contributed by atoms with Crippen LogP contribution in [0.25, 0.3) is 0 Å². The molecule has 1 aliphatic carbocycles. The maximum atomic E-state index is 11.6. The summed E-state index contributed by atoms with van der Waals surface area (Å²) in [6.07, 6.45) is 6.66. The van der Waals surface area contributed by atoms with Gasteiger partial charge in [-0.15, -0.1) is 0 Å². The van der Waals surface area contributed by atoms with Crippen LogP contribution in [-0.2, 0) is 6.54 Å². The van der Waals surface area contributed by atoms with Crippen molar-refractivity contribution in [3.63, 3.8) is 0 Å². The third-order valence-corrected chi connectivity index (χ3v) is 3.22. The Kier molecular flexibility index (Phi) is 3.26. The fourth-order valence-corrected chi connectivity index (χ4v) is 2.09. The molecule has 7 heteroatoms. The molecule has 0 saturated heterocycles. The Hall–Kier alpha value is -2.18. The van der Waals surface area contributed by atoms with E-state index < -0.39 is 0 Å². The van der Waals surface area contributed by atoms with Crippen LogP contribution >= 0.6 is 0 Å². The number of carbonyl (C=O) groups is 1. The van der Waals surface area contributed by atoms with E-state index in [1.165, 1.54) is 24.7 Å². The Morgan fingerprint density at radius 3 is 3.16 bits per heavy atom. The number of H-pyrrole nitrogens is 1. The normalized spacial score (nSPS) is 14.5. The fourth-order valence-electron chi connectivity index (χ4n) is 2.09. The number of nitrogens with zero attached hydrogens (tertiary/aromatic N) is 4. The molecule has 2 heterocycles. The van der Waals surface area contributed by atoms with Crippen LogP contribution in [0.4, 0.5) is 0 Å². The molecule has 0 spiro atoms. The average Bonchev–Trinajstić information content (AvgIpc) is 2.95. The molecule has 0 bridgehead atoms. The molecule has 1 saturated carbocycles. The second kappa shape index (κ2) is 5.21. The molecule has 100 valence electrons. The molecule has 0 radical (unpaired) electrons. The molecule has 1 fully saturated rings. The van der Waals surface area contributed by atoms with Gasteiger partial charge in [-0.25, -0.2) is 0 Å². The Labute approximate surface area is 110 Å². The summed E-state index contributed by atoms with van der Waals surface area (Å²) in [7, 11) is 0. The highest BCUT2D eigenvalue weighted by Gasteiger charge is 2.26. The zero-order valence-electron chi connectivity index (χ0n) is 10.5. The molecule has 0 aliphatic heterocycles. The van der Waals surface area contributed by atoms with Crippen molar-refractivity contribution >= 4 is 5.91 Å². The molecule has 19 heavy (non-hydrogen) atoms. The van der Waals surface area contributed by atoms with E-state index in [9.17, 15) is 4.79 Å². The molecule has 0 unspecified atom stereocenters. The number of carbonyl (C=O) groups excluding carboxylic acids is 1. The number of rotatable bonds is 6. The van der Waals surface area contributed by atoms with Gasteiger partial charge in [-0.05, 0) is 25.3 Å². The minimum Gasteiger partial charge on any atom is -0.351 e. The van der Waals surface area contributed by atoms with Crippen LogP contribution in [0, 0.1) is 0 Å². The van der Waals surface area contributed by atoms with Crippen LogP contribution in [0.2, 0.25) is 0 Å². The summed E-state index contributed by atoms with van der Waals surface area (Å²) >= 11 is 0. The van der Waals surface area contributed by atoms with Gasteiger partial charge in [-0.3, -0.25) is 9.48 Å². The van der Waals surface area contributed by atoms with E-state index in [0.29, 0.717) is 18.2 Å². The lowest BCUT2D eigenvalue weighted by Crippen LogP contribution is -2.25. The monoisotopic (exact) mass is 260 g/mol. The third-order valence-electron chi connectivity index (χ3n) is 3.22. The van der Waals surface area contributed by atoms with Crippen LogP contribution < -0.4 is 5.32 Å². The molecule has 0 atom stereocenters. The molecule has 7 nitrogen and oxygen atoms in total. The van der Waals surface area contributed by atoms with Crippen LogP contribution in [-0.4, -0.2) is 37.6 Å². The summed E-state index contributed by atoms with van der Waals surface area (Å²) in [5, 5.41) is 16.9. The first-order chi connectivity index (χ1) is 9.34. The molecule has 2 aromatic heterocycles. The number of aryl methyl sites for hydroxylation is 1. The maximum absolute atomic E-state index is 11.6. The lowest BCUT2D eigenvalue weighted by atomic mass is 10.3. The molecule has 2 aromatic rings. The highest BCUT2D eigenvalue weighted by Crippen LogP contribution is 2.39.